The van der Waals surface area contributed by atoms with Crippen molar-refractivity contribution in [2.24, 2.45) is 0 Å². The molecule has 6 heteroatoms. The molecule has 1 unspecified atom stereocenters. The Morgan fingerprint density at radius 3 is 2.16 bits per heavy atom. The van der Waals surface area contributed by atoms with Crippen LogP contribution in [0.4, 0.5) is 5.69 Å². The molecule has 1 heterocycles. The number of benzene rings is 2. The monoisotopic (exact) mass is 341 g/mol. The zero-order valence-electron chi connectivity index (χ0n) is 14.1. The van der Waals surface area contributed by atoms with Crippen molar-refractivity contribution < 1.29 is 10.0 Å². The average molecular weight is 341 g/mol. The number of hydrogen-bond acceptors (Lipinski definition) is 5. The predicted octanol–water partition coefficient (Wildman–Crippen LogP) is 2.45. The maximum Gasteiger partial charge on any atom is 0.269 e. The van der Waals surface area contributed by atoms with Crippen LogP contribution in [0.3, 0.4) is 0 Å². The Labute approximate surface area is 147 Å². The van der Waals surface area contributed by atoms with Gasteiger partial charge in [-0.3, -0.25) is 19.9 Å². The highest BCUT2D eigenvalue weighted by Gasteiger charge is 2.20. The maximum atomic E-state index is 10.7. The van der Waals surface area contributed by atoms with E-state index < -0.39 is 6.10 Å². The quantitative estimate of drug-likeness (QED) is 0.645. The topological polar surface area (TPSA) is 69.9 Å². The highest BCUT2D eigenvalue weighted by molar-refractivity contribution is 5.32. The molecule has 0 aromatic heterocycles. The molecule has 3 rings (SSSR count). The summed E-state index contributed by atoms with van der Waals surface area (Å²) < 4.78 is 0. The van der Waals surface area contributed by atoms with Crippen LogP contribution in [0.1, 0.15) is 17.2 Å². The number of hydrogen-bond donors (Lipinski definition) is 1. The third-order valence-electron chi connectivity index (χ3n) is 4.63. The largest absolute Gasteiger partial charge is 0.387 e. The first kappa shape index (κ1) is 17.5. The van der Waals surface area contributed by atoms with Gasteiger partial charge in [-0.2, -0.15) is 0 Å². The Kier molecular flexibility index (Phi) is 5.75. The first-order valence-corrected chi connectivity index (χ1v) is 8.53. The number of nitro groups is 1. The molecule has 0 aliphatic carbocycles. The van der Waals surface area contributed by atoms with Crippen LogP contribution >= 0.6 is 0 Å². The van der Waals surface area contributed by atoms with E-state index in [9.17, 15) is 15.2 Å². The van der Waals surface area contributed by atoms with Crippen molar-refractivity contribution in [2.45, 2.75) is 12.6 Å². The summed E-state index contributed by atoms with van der Waals surface area (Å²) in [6.07, 6.45) is -0.456. The van der Waals surface area contributed by atoms with Gasteiger partial charge < -0.3 is 5.11 Å². The Morgan fingerprint density at radius 2 is 1.56 bits per heavy atom. The van der Waals surface area contributed by atoms with Crippen LogP contribution in [-0.2, 0) is 6.54 Å². The minimum atomic E-state index is -0.456. The van der Waals surface area contributed by atoms with E-state index in [1.807, 2.05) is 42.5 Å². The van der Waals surface area contributed by atoms with Crippen LogP contribution in [-0.4, -0.2) is 52.6 Å². The molecule has 1 aliphatic rings. The second-order valence-electron chi connectivity index (χ2n) is 6.43. The summed E-state index contributed by atoms with van der Waals surface area (Å²) in [6, 6.07) is 16.5. The standard InChI is InChI=1S/C19H23N3O3/c23-19(17-4-2-1-3-5-17)15-21-12-10-20(11-13-21)14-16-6-8-18(9-7-16)22(24)25/h1-9,19,23H,10-15H2. The molecule has 132 valence electrons. The third-order valence-corrected chi connectivity index (χ3v) is 4.63. The number of aliphatic hydroxyl groups excluding tert-OH is 1. The summed E-state index contributed by atoms with van der Waals surface area (Å²) in [5, 5.41) is 21.0. The van der Waals surface area contributed by atoms with Crippen molar-refractivity contribution >= 4 is 5.69 Å². The normalized spacial score (nSPS) is 17.3. The maximum absolute atomic E-state index is 10.7. The summed E-state index contributed by atoms with van der Waals surface area (Å²) in [5.41, 5.74) is 2.17. The molecule has 2 aromatic carbocycles. The van der Waals surface area contributed by atoms with Crippen LogP contribution < -0.4 is 0 Å². The first-order valence-electron chi connectivity index (χ1n) is 8.53. The lowest BCUT2D eigenvalue weighted by Crippen LogP contribution is -2.47. The second-order valence-corrected chi connectivity index (χ2v) is 6.43. The van der Waals surface area contributed by atoms with Gasteiger partial charge in [0.2, 0.25) is 0 Å². The summed E-state index contributed by atoms with van der Waals surface area (Å²) in [7, 11) is 0. The Bertz CT molecular complexity index is 683. The van der Waals surface area contributed by atoms with Crippen molar-refractivity contribution in [3.8, 4) is 0 Å². The second kappa shape index (κ2) is 8.20. The van der Waals surface area contributed by atoms with E-state index in [1.165, 1.54) is 0 Å². The third kappa shape index (κ3) is 4.85. The molecule has 6 nitrogen and oxygen atoms in total. The Hall–Kier alpha value is -2.28. The number of rotatable bonds is 6. The average Bonchev–Trinajstić information content (AvgIpc) is 2.64. The number of nitro benzene ring substituents is 1. The van der Waals surface area contributed by atoms with E-state index in [1.54, 1.807) is 12.1 Å². The highest BCUT2D eigenvalue weighted by atomic mass is 16.6. The first-order chi connectivity index (χ1) is 12.1. The van der Waals surface area contributed by atoms with E-state index in [4.69, 9.17) is 0 Å². The lowest BCUT2D eigenvalue weighted by atomic mass is 10.1. The van der Waals surface area contributed by atoms with Gasteiger partial charge in [0.1, 0.15) is 0 Å². The van der Waals surface area contributed by atoms with E-state index in [0.29, 0.717) is 6.54 Å². The van der Waals surface area contributed by atoms with Crippen LogP contribution in [0.15, 0.2) is 54.6 Å². The van der Waals surface area contributed by atoms with Crippen LogP contribution in [0.5, 0.6) is 0 Å². The van der Waals surface area contributed by atoms with E-state index >= 15 is 0 Å². The molecule has 1 atom stereocenters. The van der Waals surface area contributed by atoms with Crippen LogP contribution in [0.2, 0.25) is 0 Å². The smallest absolute Gasteiger partial charge is 0.269 e. The molecule has 2 aromatic rings. The molecule has 0 saturated carbocycles. The predicted molar refractivity (Wildman–Crippen MR) is 96.2 cm³/mol. The van der Waals surface area contributed by atoms with Gasteiger partial charge in [0.05, 0.1) is 11.0 Å². The fraction of sp³-hybridized carbons (Fsp3) is 0.368. The molecule has 1 fully saturated rings. The summed E-state index contributed by atoms with van der Waals surface area (Å²) >= 11 is 0. The lowest BCUT2D eigenvalue weighted by molar-refractivity contribution is -0.384. The number of nitrogens with zero attached hydrogens (tertiary/aromatic N) is 3. The number of non-ortho nitro benzene ring substituents is 1. The van der Waals surface area contributed by atoms with Crippen molar-refractivity contribution in [3.63, 3.8) is 0 Å². The van der Waals surface area contributed by atoms with Gasteiger partial charge in [-0.1, -0.05) is 42.5 Å². The molecule has 1 saturated heterocycles. The van der Waals surface area contributed by atoms with Gasteiger partial charge in [0, 0.05) is 51.4 Å². The molecule has 0 amide bonds. The molecule has 0 spiro atoms. The van der Waals surface area contributed by atoms with Gasteiger partial charge in [0.25, 0.3) is 5.69 Å². The zero-order chi connectivity index (χ0) is 17.6. The van der Waals surface area contributed by atoms with Gasteiger partial charge >= 0.3 is 0 Å². The molecular formula is C19H23N3O3. The molecule has 1 aliphatic heterocycles. The minimum absolute atomic E-state index is 0.128. The van der Waals surface area contributed by atoms with Gasteiger partial charge in [-0.25, -0.2) is 0 Å². The van der Waals surface area contributed by atoms with E-state index in [-0.39, 0.29) is 10.6 Å². The number of piperazine rings is 1. The Morgan fingerprint density at radius 1 is 0.960 bits per heavy atom. The summed E-state index contributed by atoms with van der Waals surface area (Å²) in [6.45, 7) is 5.13. The Balaban J connectivity index is 1.46. The summed E-state index contributed by atoms with van der Waals surface area (Å²) in [4.78, 5) is 14.9. The van der Waals surface area contributed by atoms with Crippen molar-refractivity contribution in [3.05, 3.63) is 75.8 Å². The highest BCUT2D eigenvalue weighted by Crippen LogP contribution is 2.17. The van der Waals surface area contributed by atoms with Gasteiger partial charge in [-0.05, 0) is 11.1 Å². The lowest BCUT2D eigenvalue weighted by Gasteiger charge is -2.35. The van der Waals surface area contributed by atoms with Crippen molar-refractivity contribution in [2.75, 3.05) is 32.7 Å². The van der Waals surface area contributed by atoms with Gasteiger partial charge in [-0.15, -0.1) is 0 Å². The summed E-state index contributed by atoms with van der Waals surface area (Å²) in [5.74, 6) is 0. The molecule has 0 radical (unpaired) electrons. The van der Waals surface area contributed by atoms with Crippen LogP contribution in [0, 0.1) is 10.1 Å². The SMILES string of the molecule is O=[N+]([O-])c1ccc(CN2CCN(CC(O)c3ccccc3)CC2)cc1. The molecule has 1 N–H and O–H groups in total. The fourth-order valence-corrected chi connectivity index (χ4v) is 3.14. The number of β-amino-alcohol motifs (C(OH)–C–C–N with tert-alkyl or cyclic N) is 1. The van der Waals surface area contributed by atoms with E-state index in [2.05, 4.69) is 9.80 Å². The van der Waals surface area contributed by atoms with Crippen molar-refractivity contribution in [1.82, 2.24) is 9.80 Å². The number of aliphatic hydroxyl groups is 1. The fourth-order valence-electron chi connectivity index (χ4n) is 3.14. The molecular weight excluding hydrogens is 318 g/mol. The van der Waals surface area contributed by atoms with Crippen LogP contribution in [0.25, 0.3) is 0 Å². The zero-order valence-corrected chi connectivity index (χ0v) is 14.1. The minimum Gasteiger partial charge on any atom is -0.387 e. The van der Waals surface area contributed by atoms with E-state index in [0.717, 1.165) is 43.9 Å². The van der Waals surface area contributed by atoms with Crippen molar-refractivity contribution in [1.29, 1.82) is 0 Å². The van der Waals surface area contributed by atoms with Gasteiger partial charge in [0.15, 0.2) is 0 Å². The molecule has 25 heavy (non-hydrogen) atoms. The molecule has 0 bridgehead atoms.